The van der Waals surface area contributed by atoms with Gasteiger partial charge in [-0.2, -0.15) is 0 Å². The first-order valence-electron chi connectivity index (χ1n) is 11.0. The zero-order valence-electron chi connectivity index (χ0n) is 19.5. The molecule has 182 valence electrons. The van der Waals surface area contributed by atoms with E-state index in [4.69, 9.17) is 14.2 Å². The summed E-state index contributed by atoms with van der Waals surface area (Å²) >= 11 is 0. The van der Waals surface area contributed by atoms with Crippen LogP contribution in [0.3, 0.4) is 0 Å². The van der Waals surface area contributed by atoms with E-state index in [1.54, 1.807) is 24.3 Å². The highest BCUT2D eigenvalue weighted by Gasteiger charge is 2.40. The van der Waals surface area contributed by atoms with Crippen LogP contribution in [0.25, 0.3) is 0 Å². The third-order valence-electron chi connectivity index (χ3n) is 5.56. The predicted molar refractivity (Wildman–Crippen MR) is 122 cm³/mol. The smallest absolute Gasteiger partial charge is 0.377 e. The lowest BCUT2D eigenvalue weighted by Gasteiger charge is -2.19. The number of ether oxygens (including phenoxy) is 4. The van der Waals surface area contributed by atoms with Gasteiger partial charge in [0.2, 0.25) is 0 Å². The fourth-order valence-electron chi connectivity index (χ4n) is 3.56. The van der Waals surface area contributed by atoms with E-state index in [0.29, 0.717) is 11.1 Å². The standard InChI is InChI=1S/C25H25N3O7/c1-15-4-8-17(9-5-15)23(29)33-13-20-19(35-24(30)18-10-6-16(2)7-11-18)12-21(34-20)28-14-26-22(27-28)25(31)32-3/h4-11,14,19-21H,12-13H2,1-3H3/t19-,20+,21+/m0/s1. The van der Waals surface area contributed by atoms with Gasteiger partial charge in [0, 0.05) is 6.42 Å². The fourth-order valence-corrected chi connectivity index (χ4v) is 3.56. The SMILES string of the molecule is COC(=O)c1ncn([C@H]2C[C@H](OC(=O)c3ccc(C)cc3)[C@@H](COC(=O)c3ccc(C)cc3)O2)n1. The normalized spacial score (nSPS) is 19.2. The lowest BCUT2D eigenvalue weighted by molar-refractivity contribution is -0.0601. The molecule has 0 spiro atoms. The number of carbonyl (C=O) groups is 3. The number of esters is 3. The summed E-state index contributed by atoms with van der Waals surface area (Å²) in [6, 6.07) is 14.0. The van der Waals surface area contributed by atoms with Crippen molar-refractivity contribution in [2.45, 2.75) is 38.7 Å². The van der Waals surface area contributed by atoms with Gasteiger partial charge in [0.05, 0.1) is 18.2 Å². The van der Waals surface area contributed by atoms with Gasteiger partial charge in [-0.25, -0.2) is 24.0 Å². The Labute approximate surface area is 201 Å². The maximum atomic E-state index is 12.7. The molecule has 0 radical (unpaired) electrons. The molecule has 35 heavy (non-hydrogen) atoms. The van der Waals surface area contributed by atoms with Crippen molar-refractivity contribution in [2.75, 3.05) is 13.7 Å². The number of methoxy groups -OCH3 is 1. The minimum Gasteiger partial charge on any atom is -0.463 e. The van der Waals surface area contributed by atoms with Crippen molar-refractivity contribution >= 4 is 17.9 Å². The van der Waals surface area contributed by atoms with E-state index in [0.717, 1.165) is 11.1 Å². The Kier molecular flexibility index (Phi) is 7.21. The monoisotopic (exact) mass is 479 g/mol. The van der Waals surface area contributed by atoms with Gasteiger partial charge in [0.15, 0.2) is 6.23 Å². The van der Waals surface area contributed by atoms with Gasteiger partial charge in [0.25, 0.3) is 5.82 Å². The number of aromatic nitrogens is 3. The van der Waals surface area contributed by atoms with Crippen LogP contribution in [0.1, 0.15) is 55.1 Å². The Morgan fingerprint density at radius 3 is 2.14 bits per heavy atom. The molecule has 1 fully saturated rings. The lowest BCUT2D eigenvalue weighted by atomic mass is 10.1. The van der Waals surface area contributed by atoms with Crippen LogP contribution in [0.2, 0.25) is 0 Å². The molecule has 0 saturated carbocycles. The van der Waals surface area contributed by atoms with Crippen LogP contribution in [0.5, 0.6) is 0 Å². The van der Waals surface area contributed by atoms with E-state index in [-0.39, 0.29) is 18.9 Å². The molecule has 3 aromatic rings. The van der Waals surface area contributed by atoms with Crippen molar-refractivity contribution < 1.29 is 33.3 Å². The molecule has 0 N–H and O–H groups in total. The third-order valence-corrected chi connectivity index (χ3v) is 5.56. The van der Waals surface area contributed by atoms with E-state index in [2.05, 4.69) is 14.8 Å². The molecule has 3 atom stereocenters. The maximum absolute atomic E-state index is 12.7. The minimum atomic E-state index is -0.755. The maximum Gasteiger partial charge on any atom is 0.377 e. The largest absolute Gasteiger partial charge is 0.463 e. The number of hydrogen-bond acceptors (Lipinski definition) is 9. The Morgan fingerprint density at radius 2 is 1.54 bits per heavy atom. The van der Waals surface area contributed by atoms with E-state index in [9.17, 15) is 14.4 Å². The third kappa shape index (κ3) is 5.72. The highest BCUT2D eigenvalue weighted by Crippen LogP contribution is 2.31. The number of hydrogen-bond donors (Lipinski definition) is 0. The Morgan fingerprint density at radius 1 is 0.943 bits per heavy atom. The average Bonchev–Trinajstić information content (AvgIpc) is 3.50. The quantitative estimate of drug-likeness (QED) is 0.372. The van der Waals surface area contributed by atoms with Gasteiger partial charge < -0.3 is 18.9 Å². The number of nitrogens with zero attached hydrogens (tertiary/aromatic N) is 3. The topological polar surface area (TPSA) is 119 Å². The molecular formula is C25H25N3O7. The van der Waals surface area contributed by atoms with Crippen molar-refractivity contribution in [1.82, 2.24) is 14.8 Å². The van der Waals surface area contributed by atoms with Crippen LogP contribution < -0.4 is 0 Å². The van der Waals surface area contributed by atoms with Gasteiger partial charge in [-0.3, -0.25) is 0 Å². The van der Waals surface area contributed by atoms with Gasteiger partial charge >= 0.3 is 17.9 Å². The molecule has 0 amide bonds. The molecule has 0 bridgehead atoms. The number of carbonyl (C=O) groups excluding carboxylic acids is 3. The number of benzene rings is 2. The van der Waals surface area contributed by atoms with Crippen molar-refractivity contribution in [3.63, 3.8) is 0 Å². The van der Waals surface area contributed by atoms with Crippen LogP contribution in [-0.2, 0) is 18.9 Å². The average molecular weight is 479 g/mol. The van der Waals surface area contributed by atoms with Gasteiger partial charge in [-0.1, -0.05) is 35.4 Å². The number of rotatable bonds is 7. The first-order chi connectivity index (χ1) is 16.8. The zero-order chi connectivity index (χ0) is 24.9. The molecule has 10 nitrogen and oxygen atoms in total. The second kappa shape index (κ2) is 10.5. The van der Waals surface area contributed by atoms with Gasteiger partial charge in [0.1, 0.15) is 25.1 Å². The number of aryl methyl sites for hydroxylation is 2. The van der Waals surface area contributed by atoms with Gasteiger partial charge in [-0.05, 0) is 38.1 Å². The van der Waals surface area contributed by atoms with Crippen LogP contribution in [0.4, 0.5) is 0 Å². The molecule has 10 heteroatoms. The Bertz CT molecular complexity index is 1200. The second-order valence-electron chi connectivity index (χ2n) is 8.18. The van der Waals surface area contributed by atoms with E-state index < -0.39 is 36.3 Å². The summed E-state index contributed by atoms with van der Waals surface area (Å²) in [6.45, 7) is 3.70. The fraction of sp³-hybridized carbons (Fsp3) is 0.320. The van der Waals surface area contributed by atoms with Crippen molar-refractivity contribution in [3.05, 3.63) is 82.9 Å². The molecule has 1 aliphatic rings. The molecule has 0 unspecified atom stereocenters. The summed E-state index contributed by atoms with van der Waals surface area (Å²) in [6.07, 6.45) is -0.634. The highest BCUT2D eigenvalue weighted by molar-refractivity contribution is 5.90. The van der Waals surface area contributed by atoms with Crippen molar-refractivity contribution in [1.29, 1.82) is 0 Å². The Balaban J connectivity index is 1.48. The van der Waals surface area contributed by atoms with E-state index >= 15 is 0 Å². The summed E-state index contributed by atoms with van der Waals surface area (Å²) in [5.74, 6) is -1.86. The molecular weight excluding hydrogens is 454 g/mol. The summed E-state index contributed by atoms with van der Waals surface area (Å²) in [5.41, 5.74) is 2.82. The molecule has 1 saturated heterocycles. The minimum absolute atomic E-state index is 0.126. The van der Waals surface area contributed by atoms with Crippen molar-refractivity contribution in [2.24, 2.45) is 0 Å². The van der Waals surface area contributed by atoms with E-state index in [1.165, 1.54) is 18.1 Å². The lowest BCUT2D eigenvalue weighted by Crippen LogP contribution is -2.32. The summed E-state index contributed by atoms with van der Waals surface area (Å²) < 4.78 is 23.2. The summed E-state index contributed by atoms with van der Waals surface area (Å²) in [7, 11) is 1.23. The first kappa shape index (κ1) is 24.1. The van der Waals surface area contributed by atoms with E-state index in [1.807, 2.05) is 38.1 Å². The molecule has 4 rings (SSSR count). The molecule has 2 aromatic carbocycles. The summed E-state index contributed by atoms with van der Waals surface area (Å²) in [4.78, 5) is 40.9. The molecule has 1 aromatic heterocycles. The first-order valence-corrected chi connectivity index (χ1v) is 11.0. The zero-order valence-corrected chi connectivity index (χ0v) is 19.5. The highest BCUT2D eigenvalue weighted by atomic mass is 16.6. The van der Waals surface area contributed by atoms with Crippen LogP contribution in [0.15, 0.2) is 54.9 Å². The Hall–Kier alpha value is -4.05. The molecule has 2 heterocycles. The summed E-state index contributed by atoms with van der Waals surface area (Å²) in [5, 5.41) is 4.09. The van der Waals surface area contributed by atoms with Crippen LogP contribution in [-0.4, -0.2) is 58.6 Å². The van der Waals surface area contributed by atoms with Crippen LogP contribution >= 0.6 is 0 Å². The molecule has 0 aliphatic carbocycles. The van der Waals surface area contributed by atoms with Crippen molar-refractivity contribution in [3.8, 4) is 0 Å². The second-order valence-corrected chi connectivity index (χ2v) is 8.18. The predicted octanol–water partition coefficient (Wildman–Crippen LogP) is 3.05. The van der Waals surface area contributed by atoms with Crippen LogP contribution in [0, 0.1) is 13.8 Å². The molecule has 1 aliphatic heterocycles. The van der Waals surface area contributed by atoms with Gasteiger partial charge in [-0.15, -0.1) is 5.10 Å².